The Labute approximate surface area is 141 Å². The third-order valence-corrected chi connectivity index (χ3v) is 4.05. The second kappa shape index (κ2) is 6.38. The van der Waals surface area contributed by atoms with Gasteiger partial charge in [0.1, 0.15) is 17.4 Å². The van der Waals surface area contributed by atoms with Gasteiger partial charge in [0.25, 0.3) is 5.91 Å². The lowest BCUT2D eigenvalue weighted by Crippen LogP contribution is -2.28. The standard InChI is InChI=1S/C18H14BrNO3/c1-11-2-4-12(5-3-11)9-20-18(22)15-10-23-16-7-6-13(19)8-14(16)17(15)21/h2-8,10H,9H2,1H3,(H,20,22). The number of halogens is 1. The highest BCUT2D eigenvalue weighted by Gasteiger charge is 2.14. The first-order valence-electron chi connectivity index (χ1n) is 7.09. The van der Waals surface area contributed by atoms with Crippen LogP contribution in [0.3, 0.4) is 0 Å². The van der Waals surface area contributed by atoms with E-state index in [9.17, 15) is 9.59 Å². The Kier molecular flexibility index (Phi) is 4.30. The largest absolute Gasteiger partial charge is 0.463 e. The highest BCUT2D eigenvalue weighted by Crippen LogP contribution is 2.17. The molecule has 0 radical (unpaired) electrons. The minimum absolute atomic E-state index is 0.00251. The van der Waals surface area contributed by atoms with Crippen LogP contribution in [0.2, 0.25) is 0 Å². The van der Waals surface area contributed by atoms with E-state index in [1.807, 2.05) is 31.2 Å². The van der Waals surface area contributed by atoms with Gasteiger partial charge in [-0.15, -0.1) is 0 Å². The van der Waals surface area contributed by atoms with Crippen molar-refractivity contribution in [2.24, 2.45) is 0 Å². The Morgan fingerprint density at radius 2 is 1.91 bits per heavy atom. The van der Waals surface area contributed by atoms with E-state index in [1.165, 1.54) is 6.26 Å². The topological polar surface area (TPSA) is 59.3 Å². The molecule has 1 amide bonds. The molecule has 0 aliphatic carbocycles. The second-order valence-corrected chi connectivity index (χ2v) is 6.20. The number of amides is 1. The summed E-state index contributed by atoms with van der Waals surface area (Å²) in [6.45, 7) is 2.36. The number of hydrogen-bond acceptors (Lipinski definition) is 3. The molecule has 1 heterocycles. The molecule has 0 unspecified atom stereocenters. The summed E-state index contributed by atoms with van der Waals surface area (Å²) < 4.78 is 6.14. The fraction of sp³-hybridized carbons (Fsp3) is 0.111. The fourth-order valence-electron chi connectivity index (χ4n) is 2.24. The normalized spacial score (nSPS) is 10.7. The lowest BCUT2D eigenvalue weighted by Gasteiger charge is -2.06. The molecule has 0 bridgehead atoms. The van der Waals surface area contributed by atoms with Crippen molar-refractivity contribution in [3.8, 4) is 0 Å². The van der Waals surface area contributed by atoms with Crippen LogP contribution in [-0.2, 0) is 6.54 Å². The maximum absolute atomic E-state index is 12.4. The summed E-state index contributed by atoms with van der Waals surface area (Å²) in [5.41, 5.74) is 2.24. The Hall–Kier alpha value is -2.40. The van der Waals surface area contributed by atoms with Gasteiger partial charge in [-0.1, -0.05) is 45.8 Å². The summed E-state index contributed by atoms with van der Waals surface area (Å²) in [4.78, 5) is 24.7. The van der Waals surface area contributed by atoms with Gasteiger partial charge in [0, 0.05) is 11.0 Å². The van der Waals surface area contributed by atoms with Gasteiger partial charge >= 0.3 is 0 Å². The average molecular weight is 372 g/mol. The molecule has 0 fully saturated rings. The molecule has 0 saturated heterocycles. The zero-order chi connectivity index (χ0) is 16.4. The molecule has 5 heteroatoms. The average Bonchev–Trinajstić information content (AvgIpc) is 2.55. The van der Waals surface area contributed by atoms with Gasteiger partial charge in [-0.3, -0.25) is 9.59 Å². The van der Waals surface area contributed by atoms with Gasteiger partial charge in [0.15, 0.2) is 0 Å². The first-order chi connectivity index (χ1) is 11.0. The number of rotatable bonds is 3. The maximum Gasteiger partial charge on any atom is 0.258 e. The van der Waals surface area contributed by atoms with Gasteiger partial charge in [0.05, 0.1) is 5.39 Å². The lowest BCUT2D eigenvalue weighted by molar-refractivity contribution is 0.0948. The first kappa shape index (κ1) is 15.5. The highest BCUT2D eigenvalue weighted by molar-refractivity contribution is 9.10. The molecule has 1 aromatic heterocycles. The quantitative estimate of drug-likeness (QED) is 0.761. The summed E-state index contributed by atoms with van der Waals surface area (Å²) in [5, 5.41) is 3.12. The summed E-state index contributed by atoms with van der Waals surface area (Å²) >= 11 is 3.31. The van der Waals surface area contributed by atoms with Crippen molar-refractivity contribution in [3.63, 3.8) is 0 Å². The predicted molar refractivity (Wildman–Crippen MR) is 92.5 cm³/mol. The van der Waals surface area contributed by atoms with E-state index in [1.54, 1.807) is 18.2 Å². The highest BCUT2D eigenvalue weighted by atomic mass is 79.9. The van der Waals surface area contributed by atoms with Crippen LogP contribution in [0.25, 0.3) is 11.0 Å². The number of hydrogen-bond donors (Lipinski definition) is 1. The van der Waals surface area contributed by atoms with Gasteiger partial charge in [-0.05, 0) is 30.7 Å². The number of fused-ring (bicyclic) bond motifs is 1. The van der Waals surface area contributed by atoms with Crippen LogP contribution in [-0.4, -0.2) is 5.91 Å². The molecule has 0 atom stereocenters. The summed E-state index contributed by atoms with van der Waals surface area (Å²) in [5.74, 6) is -0.443. The van der Waals surface area contributed by atoms with Gasteiger partial charge in [0.2, 0.25) is 5.43 Å². The Balaban J connectivity index is 1.84. The van der Waals surface area contributed by atoms with Crippen molar-refractivity contribution in [1.29, 1.82) is 0 Å². The van der Waals surface area contributed by atoms with E-state index in [0.29, 0.717) is 17.5 Å². The molecule has 0 spiro atoms. The predicted octanol–water partition coefficient (Wildman–Crippen LogP) is 3.79. The van der Waals surface area contributed by atoms with Crippen molar-refractivity contribution in [1.82, 2.24) is 5.32 Å². The van der Waals surface area contributed by atoms with E-state index < -0.39 is 5.91 Å². The number of aryl methyl sites for hydroxylation is 1. The molecule has 2 aromatic carbocycles. The van der Waals surface area contributed by atoms with Crippen LogP contribution in [0.1, 0.15) is 21.5 Å². The van der Waals surface area contributed by atoms with Crippen LogP contribution in [0.5, 0.6) is 0 Å². The fourth-order valence-corrected chi connectivity index (χ4v) is 2.60. The number of carbonyl (C=O) groups excluding carboxylic acids is 1. The van der Waals surface area contributed by atoms with Gasteiger partial charge in [-0.2, -0.15) is 0 Å². The molecule has 3 rings (SSSR count). The zero-order valence-electron chi connectivity index (χ0n) is 12.4. The minimum atomic E-state index is -0.443. The smallest absolute Gasteiger partial charge is 0.258 e. The monoisotopic (exact) mass is 371 g/mol. The zero-order valence-corrected chi connectivity index (χ0v) is 14.0. The third-order valence-electron chi connectivity index (χ3n) is 3.55. The number of benzene rings is 2. The minimum Gasteiger partial charge on any atom is -0.463 e. The van der Waals surface area contributed by atoms with Crippen LogP contribution < -0.4 is 10.7 Å². The molecule has 23 heavy (non-hydrogen) atoms. The van der Waals surface area contributed by atoms with Gasteiger partial charge < -0.3 is 9.73 Å². The molecule has 1 N–H and O–H groups in total. The van der Waals surface area contributed by atoms with E-state index >= 15 is 0 Å². The Bertz CT molecular complexity index is 929. The summed E-state index contributed by atoms with van der Waals surface area (Å²) in [6, 6.07) is 13.0. The van der Waals surface area contributed by atoms with Crippen molar-refractivity contribution < 1.29 is 9.21 Å². The molecule has 0 aliphatic heterocycles. The second-order valence-electron chi connectivity index (χ2n) is 5.29. The summed E-state index contributed by atoms with van der Waals surface area (Å²) in [7, 11) is 0. The van der Waals surface area contributed by atoms with Crippen molar-refractivity contribution >= 4 is 32.8 Å². The molecule has 0 saturated carbocycles. The molecule has 3 aromatic rings. The van der Waals surface area contributed by atoms with E-state index in [4.69, 9.17) is 4.42 Å². The molecule has 4 nitrogen and oxygen atoms in total. The summed E-state index contributed by atoms with van der Waals surface area (Å²) in [6.07, 6.45) is 1.21. The maximum atomic E-state index is 12.4. The van der Waals surface area contributed by atoms with E-state index in [-0.39, 0.29) is 11.0 Å². The van der Waals surface area contributed by atoms with Crippen LogP contribution in [0, 0.1) is 6.92 Å². The number of carbonyl (C=O) groups is 1. The molecule has 0 aliphatic rings. The lowest BCUT2D eigenvalue weighted by atomic mass is 10.1. The van der Waals surface area contributed by atoms with Crippen LogP contribution in [0.15, 0.2) is 62.4 Å². The van der Waals surface area contributed by atoms with Crippen molar-refractivity contribution in [2.45, 2.75) is 13.5 Å². The van der Waals surface area contributed by atoms with Crippen molar-refractivity contribution in [3.05, 3.63) is 80.1 Å². The molecule has 116 valence electrons. The van der Waals surface area contributed by atoms with Crippen LogP contribution in [0.4, 0.5) is 0 Å². The van der Waals surface area contributed by atoms with Crippen molar-refractivity contribution in [2.75, 3.05) is 0 Å². The van der Waals surface area contributed by atoms with Gasteiger partial charge in [-0.25, -0.2) is 0 Å². The molecular formula is C18H14BrNO3. The van der Waals surface area contributed by atoms with Crippen LogP contribution >= 0.6 is 15.9 Å². The van der Waals surface area contributed by atoms with E-state index in [0.717, 1.165) is 15.6 Å². The third kappa shape index (κ3) is 3.35. The molecular weight excluding hydrogens is 358 g/mol. The SMILES string of the molecule is Cc1ccc(CNC(=O)c2coc3ccc(Br)cc3c2=O)cc1. The Morgan fingerprint density at radius 3 is 2.65 bits per heavy atom. The Morgan fingerprint density at radius 1 is 1.17 bits per heavy atom. The number of nitrogens with one attached hydrogen (secondary N) is 1. The van der Waals surface area contributed by atoms with E-state index in [2.05, 4.69) is 21.2 Å². The first-order valence-corrected chi connectivity index (χ1v) is 7.89.